The molecule has 1 aliphatic rings. The summed E-state index contributed by atoms with van der Waals surface area (Å²) in [6.07, 6.45) is 6.93. The number of hydrogen-bond acceptors (Lipinski definition) is 3. The Morgan fingerprint density at radius 3 is 3.06 bits per heavy atom. The molecule has 1 aromatic rings. The summed E-state index contributed by atoms with van der Waals surface area (Å²) >= 11 is 3.41. The van der Waals surface area contributed by atoms with E-state index in [9.17, 15) is 0 Å². The largest absolute Gasteiger partial charge is 0.378 e. The van der Waals surface area contributed by atoms with Crippen LogP contribution in [-0.2, 0) is 4.74 Å². The zero-order valence-electron chi connectivity index (χ0n) is 10.2. The van der Waals surface area contributed by atoms with Crippen molar-refractivity contribution < 1.29 is 4.74 Å². The molecule has 94 valence electrons. The van der Waals surface area contributed by atoms with Gasteiger partial charge in [-0.15, -0.1) is 0 Å². The minimum Gasteiger partial charge on any atom is -0.378 e. The van der Waals surface area contributed by atoms with Gasteiger partial charge in [0.15, 0.2) is 0 Å². The Kier molecular flexibility index (Phi) is 4.95. The molecule has 1 saturated heterocycles. The highest BCUT2D eigenvalue weighted by Crippen LogP contribution is 2.23. The highest BCUT2D eigenvalue weighted by Gasteiger charge is 2.18. The fourth-order valence-electron chi connectivity index (χ4n) is 2.26. The van der Waals surface area contributed by atoms with Crippen LogP contribution < -0.4 is 5.32 Å². The Morgan fingerprint density at radius 2 is 2.47 bits per heavy atom. The van der Waals surface area contributed by atoms with E-state index >= 15 is 0 Å². The van der Waals surface area contributed by atoms with Gasteiger partial charge < -0.3 is 10.1 Å². The van der Waals surface area contributed by atoms with Gasteiger partial charge >= 0.3 is 0 Å². The number of hydrogen-bond donors (Lipinski definition) is 1. The lowest BCUT2D eigenvalue weighted by Crippen LogP contribution is -2.19. The lowest BCUT2D eigenvalue weighted by atomic mass is 10.0. The van der Waals surface area contributed by atoms with E-state index in [1.807, 2.05) is 19.3 Å². The predicted molar refractivity (Wildman–Crippen MR) is 71.9 cm³/mol. The third kappa shape index (κ3) is 3.76. The Morgan fingerprint density at radius 1 is 1.59 bits per heavy atom. The molecule has 1 fully saturated rings. The molecule has 1 aromatic heterocycles. The Bertz CT molecular complexity index is 336. The van der Waals surface area contributed by atoms with Crippen molar-refractivity contribution in [1.29, 1.82) is 0 Å². The van der Waals surface area contributed by atoms with Gasteiger partial charge in [0, 0.05) is 23.3 Å². The van der Waals surface area contributed by atoms with E-state index in [1.165, 1.54) is 12.8 Å². The molecular formula is C13H19BrN2O. The lowest BCUT2D eigenvalue weighted by Gasteiger charge is -2.17. The van der Waals surface area contributed by atoms with Gasteiger partial charge in [0.2, 0.25) is 0 Å². The quantitative estimate of drug-likeness (QED) is 0.907. The maximum atomic E-state index is 5.65. The molecule has 1 N–H and O–H groups in total. The van der Waals surface area contributed by atoms with E-state index in [-0.39, 0.29) is 0 Å². The first-order valence-corrected chi connectivity index (χ1v) is 6.99. The molecule has 0 bridgehead atoms. The van der Waals surface area contributed by atoms with Gasteiger partial charge in [0.1, 0.15) is 0 Å². The standard InChI is InChI=1S/C13H19BrN2O/c1-15-12(7-5-11-3-2-8-17-11)13-6-4-10(14)9-16-13/h4,6,9,11-12,15H,2-3,5,7-8H2,1H3. The molecule has 0 saturated carbocycles. The molecule has 2 heterocycles. The van der Waals surface area contributed by atoms with Crippen LogP contribution in [0.4, 0.5) is 0 Å². The molecule has 0 aromatic carbocycles. The van der Waals surface area contributed by atoms with E-state index in [2.05, 4.69) is 32.3 Å². The molecular weight excluding hydrogens is 280 g/mol. The average molecular weight is 299 g/mol. The molecule has 0 spiro atoms. The molecule has 2 atom stereocenters. The second-order valence-corrected chi connectivity index (χ2v) is 5.37. The summed E-state index contributed by atoms with van der Waals surface area (Å²) in [5.41, 5.74) is 1.11. The van der Waals surface area contributed by atoms with Gasteiger partial charge in [0.25, 0.3) is 0 Å². The van der Waals surface area contributed by atoms with Crippen molar-refractivity contribution in [3.05, 3.63) is 28.5 Å². The SMILES string of the molecule is CNC(CCC1CCCO1)c1ccc(Br)cn1. The monoisotopic (exact) mass is 298 g/mol. The van der Waals surface area contributed by atoms with Crippen molar-refractivity contribution in [3.63, 3.8) is 0 Å². The summed E-state index contributed by atoms with van der Waals surface area (Å²) in [5.74, 6) is 0. The maximum Gasteiger partial charge on any atom is 0.0576 e. The zero-order valence-corrected chi connectivity index (χ0v) is 11.7. The van der Waals surface area contributed by atoms with Crippen LogP contribution in [0.5, 0.6) is 0 Å². The second-order valence-electron chi connectivity index (χ2n) is 4.45. The smallest absolute Gasteiger partial charge is 0.0576 e. The minimum absolute atomic E-state index is 0.326. The van der Waals surface area contributed by atoms with Crippen LogP contribution in [0.1, 0.15) is 37.4 Å². The zero-order chi connectivity index (χ0) is 12.1. The number of ether oxygens (including phenoxy) is 1. The van der Waals surface area contributed by atoms with Crippen molar-refractivity contribution in [2.75, 3.05) is 13.7 Å². The summed E-state index contributed by atoms with van der Waals surface area (Å²) in [6, 6.07) is 4.44. The molecule has 1 aliphatic heterocycles. The first kappa shape index (κ1) is 13.0. The fourth-order valence-corrected chi connectivity index (χ4v) is 2.49. The predicted octanol–water partition coefficient (Wildman–Crippen LogP) is 3.06. The van der Waals surface area contributed by atoms with Gasteiger partial charge in [-0.3, -0.25) is 4.98 Å². The average Bonchev–Trinajstić information content (AvgIpc) is 2.85. The Hall–Kier alpha value is -0.450. The molecule has 0 aliphatic carbocycles. The lowest BCUT2D eigenvalue weighted by molar-refractivity contribution is 0.0997. The van der Waals surface area contributed by atoms with Gasteiger partial charge in [-0.2, -0.15) is 0 Å². The number of rotatable bonds is 5. The minimum atomic E-state index is 0.326. The van der Waals surface area contributed by atoms with E-state index < -0.39 is 0 Å². The summed E-state index contributed by atoms with van der Waals surface area (Å²) in [6.45, 7) is 0.936. The molecule has 0 radical (unpaired) electrons. The van der Waals surface area contributed by atoms with Crippen molar-refractivity contribution in [2.24, 2.45) is 0 Å². The highest BCUT2D eigenvalue weighted by atomic mass is 79.9. The van der Waals surface area contributed by atoms with Crippen molar-refractivity contribution in [3.8, 4) is 0 Å². The Balaban J connectivity index is 1.89. The van der Waals surface area contributed by atoms with Crippen LogP contribution >= 0.6 is 15.9 Å². The number of pyridine rings is 1. The summed E-state index contributed by atoms with van der Waals surface area (Å²) < 4.78 is 6.67. The van der Waals surface area contributed by atoms with E-state index in [1.54, 1.807) is 0 Å². The van der Waals surface area contributed by atoms with Gasteiger partial charge in [-0.25, -0.2) is 0 Å². The topological polar surface area (TPSA) is 34.1 Å². The number of nitrogens with one attached hydrogen (secondary N) is 1. The molecule has 0 amide bonds. The third-order valence-electron chi connectivity index (χ3n) is 3.26. The number of halogens is 1. The van der Waals surface area contributed by atoms with Crippen LogP contribution in [0.15, 0.2) is 22.8 Å². The fraction of sp³-hybridized carbons (Fsp3) is 0.615. The van der Waals surface area contributed by atoms with Gasteiger partial charge in [-0.05, 0) is 60.8 Å². The molecule has 17 heavy (non-hydrogen) atoms. The van der Waals surface area contributed by atoms with Gasteiger partial charge in [-0.1, -0.05) is 0 Å². The van der Waals surface area contributed by atoms with Crippen molar-refractivity contribution in [1.82, 2.24) is 10.3 Å². The van der Waals surface area contributed by atoms with Crippen LogP contribution in [0, 0.1) is 0 Å². The second kappa shape index (κ2) is 6.47. The van der Waals surface area contributed by atoms with E-state index in [0.717, 1.165) is 29.6 Å². The molecule has 2 rings (SSSR count). The molecule has 4 heteroatoms. The molecule has 3 nitrogen and oxygen atoms in total. The maximum absolute atomic E-state index is 5.65. The first-order chi connectivity index (χ1) is 8.29. The van der Waals surface area contributed by atoms with Crippen LogP contribution in [-0.4, -0.2) is 24.7 Å². The summed E-state index contributed by atoms with van der Waals surface area (Å²) in [4.78, 5) is 4.44. The van der Waals surface area contributed by atoms with E-state index in [4.69, 9.17) is 4.74 Å². The van der Waals surface area contributed by atoms with Crippen molar-refractivity contribution in [2.45, 2.75) is 37.8 Å². The van der Waals surface area contributed by atoms with Crippen LogP contribution in [0.2, 0.25) is 0 Å². The third-order valence-corrected chi connectivity index (χ3v) is 3.73. The van der Waals surface area contributed by atoms with Crippen LogP contribution in [0.3, 0.4) is 0 Å². The summed E-state index contributed by atoms with van der Waals surface area (Å²) in [5, 5.41) is 3.33. The van der Waals surface area contributed by atoms with Crippen molar-refractivity contribution >= 4 is 15.9 Å². The number of nitrogens with zero attached hydrogens (tertiary/aromatic N) is 1. The van der Waals surface area contributed by atoms with Crippen LogP contribution in [0.25, 0.3) is 0 Å². The summed E-state index contributed by atoms with van der Waals surface area (Å²) in [7, 11) is 1.99. The highest BCUT2D eigenvalue weighted by molar-refractivity contribution is 9.10. The number of aromatic nitrogens is 1. The first-order valence-electron chi connectivity index (χ1n) is 6.20. The molecule has 2 unspecified atom stereocenters. The normalized spacial score (nSPS) is 21.6. The van der Waals surface area contributed by atoms with Gasteiger partial charge in [0.05, 0.1) is 11.8 Å². The Labute approximate surface area is 111 Å². The van der Waals surface area contributed by atoms with E-state index in [0.29, 0.717) is 12.1 Å².